The number of nitrogens with one attached hydrogen (secondary N) is 1. The highest BCUT2D eigenvalue weighted by Crippen LogP contribution is 2.33. The quantitative estimate of drug-likeness (QED) is 0.467. The van der Waals surface area contributed by atoms with Crippen LogP contribution >= 0.6 is 23.2 Å². The molecule has 1 aliphatic heterocycles. The molecule has 1 fully saturated rings. The third-order valence-corrected chi connectivity index (χ3v) is 5.50. The minimum absolute atomic E-state index is 0.137. The Morgan fingerprint density at radius 1 is 1.09 bits per heavy atom. The fourth-order valence-corrected chi connectivity index (χ4v) is 3.77. The Morgan fingerprint density at radius 2 is 1.78 bits per heavy atom. The van der Waals surface area contributed by atoms with Gasteiger partial charge in [-0.2, -0.15) is 0 Å². The Balaban J connectivity index is 1.61. The average Bonchev–Trinajstić information content (AvgIpc) is 2.72. The molecule has 1 heterocycles. The van der Waals surface area contributed by atoms with Gasteiger partial charge in [-0.3, -0.25) is 14.5 Å². The number of ether oxygens (including phenoxy) is 1. The molecular weight excluding hydrogens is 477 g/mol. The van der Waals surface area contributed by atoms with Gasteiger partial charge in [-0.05, 0) is 35.9 Å². The number of rotatable bonds is 6. The second kappa shape index (κ2) is 10.1. The van der Waals surface area contributed by atoms with Gasteiger partial charge in [-0.1, -0.05) is 23.2 Å². The standard InChI is InChI=1S/C20H19Cl2F4N3O3/c1-31-27-19(30)14-10-15(21)12(8-17(14)23)11-28-4-6-29(7-5-28)13-2-3-18(16(22)9-13)32-20(24,25)26/h2-3,8-10H,4-7,11H2,1H3,(H,27,30). The van der Waals surface area contributed by atoms with E-state index in [4.69, 9.17) is 23.2 Å². The molecule has 2 aromatic rings. The van der Waals surface area contributed by atoms with E-state index in [1.807, 2.05) is 10.4 Å². The van der Waals surface area contributed by atoms with Crippen molar-refractivity contribution >= 4 is 34.8 Å². The monoisotopic (exact) mass is 495 g/mol. The molecule has 1 saturated heterocycles. The van der Waals surface area contributed by atoms with Crippen molar-refractivity contribution in [2.75, 3.05) is 38.2 Å². The highest BCUT2D eigenvalue weighted by atomic mass is 35.5. The molecule has 1 aliphatic rings. The minimum Gasteiger partial charge on any atom is -0.404 e. The number of amides is 1. The van der Waals surface area contributed by atoms with Crippen molar-refractivity contribution in [3.8, 4) is 5.75 Å². The van der Waals surface area contributed by atoms with Gasteiger partial charge in [0.15, 0.2) is 0 Å². The predicted molar refractivity (Wildman–Crippen MR) is 112 cm³/mol. The van der Waals surface area contributed by atoms with Crippen molar-refractivity contribution in [2.24, 2.45) is 0 Å². The molecule has 6 nitrogen and oxygen atoms in total. The number of alkyl halides is 3. The molecule has 0 aliphatic carbocycles. The van der Waals surface area contributed by atoms with Crippen LogP contribution in [0, 0.1) is 5.82 Å². The van der Waals surface area contributed by atoms with Crippen LogP contribution in [0.2, 0.25) is 10.0 Å². The van der Waals surface area contributed by atoms with Gasteiger partial charge in [0.05, 0.1) is 17.7 Å². The van der Waals surface area contributed by atoms with Gasteiger partial charge in [0.25, 0.3) is 5.91 Å². The Hall–Kier alpha value is -2.27. The molecule has 0 radical (unpaired) electrons. The predicted octanol–water partition coefficient (Wildman–Crippen LogP) is 4.64. The Kier molecular flexibility index (Phi) is 7.71. The molecule has 0 saturated carbocycles. The number of hydroxylamine groups is 1. The first-order valence-electron chi connectivity index (χ1n) is 9.41. The number of halogens is 6. The third-order valence-electron chi connectivity index (χ3n) is 4.85. The molecule has 32 heavy (non-hydrogen) atoms. The third kappa shape index (κ3) is 6.16. The van der Waals surface area contributed by atoms with Gasteiger partial charge in [0.1, 0.15) is 11.6 Å². The SMILES string of the molecule is CONC(=O)c1cc(Cl)c(CN2CCN(c3ccc(OC(F)(F)F)c(Cl)c3)CC2)cc1F. The van der Waals surface area contributed by atoms with Crippen LogP contribution in [0.15, 0.2) is 30.3 Å². The van der Waals surface area contributed by atoms with Crippen LogP contribution in [0.1, 0.15) is 15.9 Å². The lowest BCUT2D eigenvalue weighted by molar-refractivity contribution is -0.274. The van der Waals surface area contributed by atoms with Gasteiger partial charge >= 0.3 is 6.36 Å². The molecule has 0 aromatic heterocycles. The van der Waals surface area contributed by atoms with E-state index in [0.29, 0.717) is 44.0 Å². The lowest BCUT2D eigenvalue weighted by atomic mass is 10.1. The van der Waals surface area contributed by atoms with Crippen molar-refractivity contribution in [2.45, 2.75) is 12.9 Å². The van der Waals surface area contributed by atoms with E-state index in [2.05, 4.69) is 14.5 Å². The van der Waals surface area contributed by atoms with Crippen LogP contribution in [0.25, 0.3) is 0 Å². The number of benzene rings is 2. The zero-order chi connectivity index (χ0) is 23.5. The van der Waals surface area contributed by atoms with Gasteiger partial charge in [-0.15, -0.1) is 13.2 Å². The first-order chi connectivity index (χ1) is 15.1. The van der Waals surface area contributed by atoms with Crippen molar-refractivity contribution in [3.63, 3.8) is 0 Å². The average molecular weight is 496 g/mol. The van der Waals surface area contributed by atoms with E-state index in [0.717, 1.165) is 0 Å². The molecule has 0 unspecified atom stereocenters. The zero-order valence-corrected chi connectivity index (χ0v) is 18.3. The second-order valence-corrected chi connectivity index (χ2v) is 7.80. The summed E-state index contributed by atoms with van der Waals surface area (Å²) in [7, 11) is 1.24. The van der Waals surface area contributed by atoms with Crippen LogP contribution < -0.4 is 15.1 Å². The molecule has 2 aromatic carbocycles. The topological polar surface area (TPSA) is 54.0 Å². The maximum Gasteiger partial charge on any atom is 0.573 e. The molecule has 0 spiro atoms. The molecule has 0 bridgehead atoms. The molecule has 1 amide bonds. The maximum atomic E-state index is 14.3. The second-order valence-electron chi connectivity index (χ2n) is 6.98. The van der Waals surface area contributed by atoms with E-state index >= 15 is 0 Å². The number of carbonyl (C=O) groups is 1. The van der Waals surface area contributed by atoms with Crippen molar-refractivity contribution in [1.29, 1.82) is 0 Å². The van der Waals surface area contributed by atoms with Gasteiger partial charge < -0.3 is 9.64 Å². The smallest absolute Gasteiger partial charge is 0.404 e. The fourth-order valence-electron chi connectivity index (χ4n) is 3.33. The van der Waals surface area contributed by atoms with Crippen LogP contribution in [-0.2, 0) is 11.4 Å². The van der Waals surface area contributed by atoms with E-state index in [1.54, 1.807) is 0 Å². The number of carbonyl (C=O) groups excluding carboxylic acids is 1. The summed E-state index contributed by atoms with van der Waals surface area (Å²) in [5, 5.41) is 0.115. The number of hydrogen-bond acceptors (Lipinski definition) is 5. The van der Waals surface area contributed by atoms with E-state index in [9.17, 15) is 22.4 Å². The van der Waals surface area contributed by atoms with E-state index < -0.39 is 23.8 Å². The van der Waals surface area contributed by atoms with Gasteiger partial charge in [-0.25, -0.2) is 9.87 Å². The van der Waals surface area contributed by atoms with Crippen LogP contribution in [0.4, 0.5) is 23.2 Å². The largest absolute Gasteiger partial charge is 0.573 e. The van der Waals surface area contributed by atoms with E-state index in [-0.39, 0.29) is 15.6 Å². The lowest BCUT2D eigenvalue weighted by Crippen LogP contribution is -2.46. The molecule has 174 valence electrons. The summed E-state index contributed by atoms with van der Waals surface area (Å²) in [4.78, 5) is 20.3. The summed E-state index contributed by atoms with van der Waals surface area (Å²) in [5.74, 6) is -1.91. The highest BCUT2D eigenvalue weighted by Gasteiger charge is 2.32. The Bertz CT molecular complexity index is 983. The maximum absolute atomic E-state index is 14.3. The summed E-state index contributed by atoms with van der Waals surface area (Å²) in [6.07, 6.45) is -4.82. The molecule has 1 N–H and O–H groups in total. The highest BCUT2D eigenvalue weighted by molar-refractivity contribution is 6.32. The number of nitrogens with zero attached hydrogens (tertiary/aromatic N) is 2. The Labute approximate surface area is 191 Å². The summed E-state index contributed by atoms with van der Waals surface area (Å²) < 4.78 is 55.4. The van der Waals surface area contributed by atoms with Crippen molar-refractivity contribution in [1.82, 2.24) is 10.4 Å². The number of anilines is 1. The first kappa shape index (κ1) is 24.4. The molecule has 0 atom stereocenters. The van der Waals surface area contributed by atoms with E-state index in [1.165, 1.54) is 37.4 Å². The number of hydrogen-bond donors (Lipinski definition) is 1. The van der Waals surface area contributed by atoms with Gasteiger partial charge in [0.2, 0.25) is 0 Å². The zero-order valence-electron chi connectivity index (χ0n) is 16.8. The fraction of sp³-hybridized carbons (Fsp3) is 0.350. The summed E-state index contributed by atoms with van der Waals surface area (Å²) >= 11 is 12.2. The van der Waals surface area contributed by atoms with Crippen LogP contribution in [0.5, 0.6) is 5.75 Å². The minimum atomic E-state index is -4.82. The van der Waals surface area contributed by atoms with Crippen LogP contribution in [-0.4, -0.2) is 50.5 Å². The molecule has 3 rings (SSSR count). The summed E-state index contributed by atoms with van der Waals surface area (Å²) in [5.41, 5.74) is 3.02. The van der Waals surface area contributed by atoms with Gasteiger partial charge in [0, 0.05) is 43.4 Å². The van der Waals surface area contributed by atoms with Crippen molar-refractivity contribution < 1.29 is 31.9 Å². The normalized spacial score (nSPS) is 15.0. The lowest BCUT2D eigenvalue weighted by Gasteiger charge is -2.36. The molecule has 12 heteroatoms. The Morgan fingerprint density at radius 3 is 2.38 bits per heavy atom. The summed E-state index contributed by atoms with van der Waals surface area (Å²) in [6, 6.07) is 6.59. The first-order valence-corrected chi connectivity index (χ1v) is 10.2. The number of piperazine rings is 1. The van der Waals surface area contributed by atoms with Crippen LogP contribution in [0.3, 0.4) is 0 Å². The van der Waals surface area contributed by atoms with Crippen molar-refractivity contribution in [3.05, 3.63) is 57.3 Å². The summed E-state index contributed by atoms with van der Waals surface area (Å²) in [6.45, 7) is 2.72. The molecular formula is C20H19Cl2F4N3O3.